The minimum absolute atomic E-state index is 0.171. The van der Waals surface area contributed by atoms with Crippen molar-refractivity contribution in [1.29, 1.82) is 0 Å². The van der Waals surface area contributed by atoms with Crippen LogP contribution in [0.15, 0.2) is 30.6 Å². The van der Waals surface area contributed by atoms with Gasteiger partial charge in [0.25, 0.3) is 0 Å². The molecule has 3 nitrogen and oxygen atoms in total. The number of hydrogen-bond donors (Lipinski definition) is 1. The summed E-state index contributed by atoms with van der Waals surface area (Å²) in [6, 6.07) is 6.14. The van der Waals surface area contributed by atoms with Crippen LogP contribution in [-0.4, -0.2) is 15.4 Å². The van der Waals surface area contributed by atoms with E-state index in [-0.39, 0.29) is 6.04 Å². The second-order valence-corrected chi connectivity index (χ2v) is 3.38. The van der Waals surface area contributed by atoms with E-state index in [9.17, 15) is 0 Å². The highest BCUT2D eigenvalue weighted by molar-refractivity contribution is 5.39. The second-order valence-electron chi connectivity index (χ2n) is 3.38. The van der Waals surface area contributed by atoms with Crippen LogP contribution in [0.2, 0.25) is 0 Å². The summed E-state index contributed by atoms with van der Waals surface area (Å²) in [5, 5.41) is 0. The largest absolute Gasteiger partial charge is 0.328 e. The van der Waals surface area contributed by atoms with Crippen molar-refractivity contribution in [3.63, 3.8) is 0 Å². The fourth-order valence-corrected chi connectivity index (χ4v) is 1.42. The third-order valence-corrected chi connectivity index (χ3v) is 1.94. The van der Waals surface area contributed by atoms with Gasteiger partial charge in [0.2, 0.25) is 0 Å². The molecule has 0 radical (unpaired) electrons. The van der Waals surface area contributed by atoms with Crippen LogP contribution < -0.4 is 5.73 Å². The molecule has 2 N–H and O–H groups in total. The highest BCUT2D eigenvalue weighted by Gasteiger charge is 2.02. The molecular weight excluding hydrogens is 162 g/mol. The number of pyridine rings is 1. The molecule has 2 rings (SSSR count). The Balaban J connectivity index is 2.38. The van der Waals surface area contributed by atoms with Gasteiger partial charge in [0, 0.05) is 24.9 Å². The number of hydrogen-bond acceptors (Lipinski definition) is 2. The zero-order valence-electron chi connectivity index (χ0n) is 7.64. The van der Waals surface area contributed by atoms with Gasteiger partial charge < -0.3 is 10.1 Å². The average Bonchev–Trinajstić information content (AvgIpc) is 2.44. The van der Waals surface area contributed by atoms with Gasteiger partial charge >= 0.3 is 0 Å². The quantitative estimate of drug-likeness (QED) is 0.745. The van der Waals surface area contributed by atoms with E-state index < -0.39 is 0 Å². The fourth-order valence-electron chi connectivity index (χ4n) is 1.42. The SMILES string of the molecule is C[C@H](N)Cc1cn2ccccc2n1. The third-order valence-electron chi connectivity index (χ3n) is 1.94. The molecule has 2 aromatic heterocycles. The predicted molar refractivity (Wildman–Crippen MR) is 52.5 cm³/mol. The van der Waals surface area contributed by atoms with Crippen molar-refractivity contribution in [1.82, 2.24) is 9.38 Å². The molecule has 0 aliphatic rings. The van der Waals surface area contributed by atoms with E-state index in [0.29, 0.717) is 0 Å². The van der Waals surface area contributed by atoms with Gasteiger partial charge in [0.1, 0.15) is 5.65 Å². The Morgan fingerprint density at radius 2 is 2.38 bits per heavy atom. The van der Waals surface area contributed by atoms with Crippen LogP contribution in [0.5, 0.6) is 0 Å². The Labute approximate surface area is 77.2 Å². The van der Waals surface area contributed by atoms with Crippen LogP contribution in [0.4, 0.5) is 0 Å². The van der Waals surface area contributed by atoms with Crippen LogP contribution in [0.3, 0.4) is 0 Å². The molecule has 0 aliphatic heterocycles. The molecule has 2 aromatic rings. The van der Waals surface area contributed by atoms with Crippen LogP contribution in [0.1, 0.15) is 12.6 Å². The Kier molecular flexibility index (Phi) is 2.02. The lowest BCUT2D eigenvalue weighted by molar-refractivity contribution is 0.726. The molecule has 0 aliphatic carbocycles. The summed E-state index contributed by atoms with van der Waals surface area (Å²) < 4.78 is 2.01. The molecule has 13 heavy (non-hydrogen) atoms. The minimum atomic E-state index is 0.171. The lowest BCUT2D eigenvalue weighted by Crippen LogP contribution is -2.17. The van der Waals surface area contributed by atoms with Crippen molar-refractivity contribution >= 4 is 5.65 Å². The van der Waals surface area contributed by atoms with E-state index in [4.69, 9.17) is 5.73 Å². The molecule has 0 saturated carbocycles. The normalized spacial score (nSPS) is 13.4. The zero-order valence-corrected chi connectivity index (χ0v) is 7.64. The summed E-state index contributed by atoms with van der Waals surface area (Å²) in [4.78, 5) is 4.44. The van der Waals surface area contributed by atoms with Gasteiger partial charge in [-0.3, -0.25) is 0 Å². The monoisotopic (exact) mass is 175 g/mol. The van der Waals surface area contributed by atoms with E-state index in [1.54, 1.807) is 0 Å². The van der Waals surface area contributed by atoms with E-state index in [0.717, 1.165) is 17.8 Å². The van der Waals surface area contributed by atoms with Gasteiger partial charge in [-0.25, -0.2) is 4.98 Å². The maximum absolute atomic E-state index is 5.70. The molecule has 0 saturated heterocycles. The molecule has 0 bridgehead atoms. The van der Waals surface area contributed by atoms with Gasteiger partial charge in [-0.2, -0.15) is 0 Å². The van der Waals surface area contributed by atoms with Crippen LogP contribution >= 0.6 is 0 Å². The number of imidazole rings is 1. The van der Waals surface area contributed by atoms with Crippen molar-refractivity contribution in [2.24, 2.45) is 5.73 Å². The van der Waals surface area contributed by atoms with Gasteiger partial charge in [0.05, 0.1) is 5.69 Å². The smallest absolute Gasteiger partial charge is 0.136 e. The van der Waals surface area contributed by atoms with Crippen molar-refractivity contribution in [3.05, 3.63) is 36.3 Å². The van der Waals surface area contributed by atoms with Gasteiger partial charge in [-0.15, -0.1) is 0 Å². The van der Waals surface area contributed by atoms with Crippen LogP contribution in [-0.2, 0) is 6.42 Å². The minimum Gasteiger partial charge on any atom is -0.328 e. The summed E-state index contributed by atoms with van der Waals surface area (Å²) in [5.41, 5.74) is 7.74. The first-order valence-electron chi connectivity index (χ1n) is 4.44. The Morgan fingerprint density at radius 3 is 3.08 bits per heavy atom. The fraction of sp³-hybridized carbons (Fsp3) is 0.300. The standard InChI is InChI=1S/C10H13N3/c1-8(11)6-9-7-13-5-3-2-4-10(13)12-9/h2-5,7-8H,6,11H2,1H3/t8-/m0/s1. The lowest BCUT2D eigenvalue weighted by Gasteiger charge is -1.98. The molecule has 0 amide bonds. The molecule has 0 fully saturated rings. The van der Waals surface area contributed by atoms with Crippen molar-refractivity contribution < 1.29 is 0 Å². The van der Waals surface area contributed by atoms with Crippen molar-refractivity contribution in [2.75, 3.05) is 0 Å². The molecule has 0 unspecified atom stereocenters. The molecule has 3 heteroatoms. The van der Waals surface area contributed by atoms with E-state index in [1.165, 1.54) is 0 Å². The lowest BCUT2D eigenvalue weighted by atomic mass is 10.2. The first kappa shape index (κ1) is 8.26. The molecule has 0 aromatic carbocycles. The number of fused-ring (bicyclic) bond motifs is 1. The Hall–Kier alpha value is -1.35. The summed E-state index contributed by atoms with van der Waals surface area (Å²) in [5.74, 6) is 0. The summed E-state index contributed by atoms with van der Waals surface area (Å²) in [6.45, 7) is 1.99. The number of rotatable bonds is 2. The van der Waals surface area contributed by atoms with Crippen LogP contribution in [0, 0.1) is 0 Å². The van der Waals surface area contributed by atoms with Crippen molar-refractivity contribution in [2.45, 2.75) is 19.4 Å². The summed E-state index contributed by atoms with van der Waals surface area (Å²) >= 11 is 0. The van der Waals surface area contributed by atoms with Gasteiger partial charge in [-0.1, -0.05) is 6.07 Å². The van der Waals surface area contributed by atoms with E-state index in [1.807, 2.05) is 41.9 Å². The topological polar surface area (TPSA) is 43.3 Å². The highest BCUT2D eigenvalue weighted by Crippen LogP contribution is 2.05. The highest BCUT2D eigenvalue weighted by atomic mass is 15.0. The summed E-state index contributed by atoms with van der Waals surface area (Å²) in [7, 11) is 0. The Morgan fingerprint density at radius 1 is 1.54 bits per heavy atom. The summed E-state index contributed by atoms with van der Waals surface area (Å²) in [6.07, 6.45) is 4.85. The molecule has 1 atom stereocenters. The third kappa shape index (κ3) is 1.70. The first-order chi connectivity index (χ1) is 6.25. The zero-order chi connectivity index (χ0) is 9.26. The van der Waals surface area contributed by atoms with E-state index in [2.05, 4.69) is 4.98 Å². The Bertz CT molecular complexity index is 370. The number of nitrogens with zero attached hydrogens (tertiary/aromatic N) is 2. The predicted octanol–water partition coefficient (Wildman–Crippen LogP) is 1.22. The number of nitrogens with two attached hydrogens (primary N) is 1. The van der Waals surface area contributed by atoms with Crippen LogP contribution in [0.25, 0.3) is 5.65 Å². The van der Waals surface area contributed by atoms with Crippen molar-refractivity contribution in [3.8, 4) is 0 Å². The molecule has 0 spiro atoms. The van der Waals surface area contributed by atoms with E-state index >= 15 is 0 Å². The molecule has 68 valence electrons. The molecular formula is C10H13N3. The maximum atomic E-state index is 5.70. The average molecular weight is 175 g/mol. The second kappa shape index (κ2) is 3.18. The molecule has 2 heterocycles. The van der Waals surface area contributed by atoms with Gasteiger partial charge in [0.15, 0.2) is 0 Å². The van der Waals surface area contributed by atoms with Gasteiger partial charge in [-0.05, 0) is 19.1 Å². The first-order valence-corrected chi connectivity index (χ1v) is 4.44. The maximum Gasteiger partial charge on any atom is 0.136 e. The number of aromatic nitrogens is 2.